The molecule has 0 radical (unpaired) electrons. The Labute approximate surface area is 183 Å². The number of piperidine rings is 1. The molecule has 4 unspecified atom stereocenters. The summed E-state index contributed by atoms with van der Waals surface area (Å²) in [6, 6.07) is 3.31. The van der Waals surface area contributed by atoms with Crippen LogP contribution in [0.1, 0.15) is 31.2 Å². The van der Waals surface area contributed by atoms with E-state index in [9.17, 15) is 27.6 Å². The van der Waals surface area contributed by atoms with Gasteiger partial charge in [-0.1, -0.05) is 12.2 Å². The third kappa shape index (κ3) is 3.47. The molecule has 0 spiro atoms. The van der Waals surface area contributed by atoms with Crippen LogP contribution in [0.5, 0.6) is 0 Å². The fourth-order valence-corrected chi connectivity index (χ4v) is 5.68. The van der Waals surface area contributed by atoms with Crippen LogP contribution in [-0.4, -0.2) is 42.3 Å². The molecule has 32 heavy (non-hydrogen) atoms. The fourth-order valence-electron chi connectivity index (χ4n) is 5.68. The minimum atomic E-state index is -4.55. The van der Waals surface area contributed by atoms with E-state index >= 15 is 0 Å². The van der Waals surface area contributed by atoms with Crippen LogP contribution >= 0.6 is 0 Å². The van der Waals surface area contributed by atoms with Gasteiger partial charge in [0.15, 0.2) is 0 Å². The van der Waals surface area contributed by atoms with Crippen molar-refractivity contribution in [1.29, 1.82) is 0 Å². The monoisotopic (exact) mass is 447 g/mol. The molecule has 2 aliphatic heterocycles. The minimum absolute atomic E-state index is 0.0312. The highest BCUT2D eigenvalue weighted by atomic mass is 19.4. The Kier molecular flexibility index (Phi) is 5.02. The molecular formula is C23H24F3N3O3. The Balaban J connectivity index is 1.35. The third-order valence-electron chi connectivity index (χ3n) is 7.16. The highest BCUT2D eigenvalue weighted by Crippen LogP contribution is 2.52. The molecule has 1 N–H and O–H groups in total. The maximum absolute atomic E-state index is 13.3. The summed E-state index contributed by atoms with van der Waals surface area (Å²) in [4.78, 5) is 41.3. The van der Waals surface area contributed by atoms with Gasteiger partial charge >= 0.3 is 6.18 Å². The van der Waals surface area contributed by atoms with Gasteiger partial charge in [-0.2, -0.15) is 13.2 Å². The smallest absolute Gasteiger partial charge is 0.370 e. The zero-order valence-corrected chi connectivity index (χ0v) is 17.4. The number of amides is 3. The number of rotatable bonds is 4. The van der Waals surface area contributed by atoms with Gasteiger partial charge in [0.1, 0.15) is 6.54 Å². The molecule has 5 rings (SSSR count). The summed E-state index contributed by atoms with van der Waals surface area (Å²) >= 11 is 0. The number of hydrogen-bond donors (Lipinski definition) is 1. The van der Waals surface area contributed by atoms with E-state index < -0.39 is 36.0 Å². The van der Waals surface area contributed by atoms with E-state index in [1.165, 1.54) is 6.07 Å². The van der Waals surface area contributed by atoms with E-state index in [-0.39, 0.29) is 29.3 Å². The van der Waals surface area contributed by atoms with Crippen molar-refractivity contribution in [2.45, 2.75) is 31.9 Å². The van der Waals surface area contributed by atoms with Crippen LogP contribution in [-0.2, 0) is 20.6 Å². The van der Waals surface area contributed by atoms with Crippen molar-refractivity contribution >= 4 is 29.1 Å². The number of nitrogens with zero attached hydrogens (tertiary/aromatic N) is 2. The predicted octanol–water partition coefficient (Wildman–Crippen LogP) is 3.44. The van der Waals surface area contributed by atoms with Crippen LogP contribution in [0, 0.1) is 23.7 Å². The van der Waals surface area contributed by atoms with Crippen LogP contribution in [0.25, 0.3) is 0 Å². The molecule has 6 nitrogen and oxygen atoms in total. The SMILES string of the molecule is O=C(CN1C(=O)C2C3C=CC(C3)C2C1=O)Nc1cc(C(F)(F)F)ccc1N1CCCCC1. The molecule has 1 saturated carbocycles. The molecule has 4 atom stereocenters. The number of likely N-dealkylation sites (tertiary alicyclic amines) is 1. The summed E-state index contributed by atoms with van der Waals surface area (Å²) in [6.45, 7) is 0.896. The highest BCUT2D eigenvalue weighted by Gasteiger charge is 2.59. The van der Waals surface area contributed by atoms with Crippen molar-refractivity contribution in [2.75, 3.05) is 29.9 Å². The number of benzene rings is 1. The highest BCUT2D eigenvalue weighted by molar-refractivity contribution is 6.10. The lowest BCUT2D eigenvalue weighted by Gasteiger charge is -2.31. The van der Waals surface area contributed by atoms with Crippen molar-refractivity contribution < 1.29 is 27.6 Å². The predicted molar refractivity (Wildman–Crippen MR) is 111 cm³/mol. The Morgan fingerprint density at radius 1 is 1.00 bits per heavy atom. The number of nitrogens with one attached hydrogen (secondary N) is 1. The van der Waals surface area contributed by atoms with E-state index in [4.69, 9.17) is 0 Å². The summed E-state index contributed by atoms with van der Waals surface area (Å²) in [7, 11) is 0. The lowest BCUT2D eigenvalue weighted by molar-refractivity contribution is -0.143. The summed E-state index contributed by atoms with van der Waals surface area (Å²) in [5.74, 6) is -2.15. The molecule has 0 aromatic heterocycles. The quantitative estimate of drug-likeness (QED) is 0.567. The molecule has 2 aliphatic carbocycles. The van der Waals surface area contributed by atoms with Crippen molar-refractivity contribution in [2.24, 2.45) is 23.7 Å². The number of fused-ring (bicyclic) bond motifs is 5. The van der Waals surface area contributed by atoms with Crippen molar-refractivity contribution in [1.82, 2.24) is 4.90 Å². The third-order valence-corrected chi connectivity index (χ3v) is 7.16. The second-order valence-electron chi connectivity index (χ2n) is 9.09. The fraction of sp³-hybridized carbons (Fsp3) is 0.522. The molecule has 3 amide bonds. The largest absolute Gasteiger partial charge is 0.416 e. The molecule has 170 valence electrons. The van der Waals surface area contributed by atoms with Crippen LogP contribution < -0.4 is 10.2 Å². The van der Waals surface area contributed by atoms with Gasteiger partial charge < -0.3 is 10.2 Å². The summed E-state index contributed by atoms with van der Waals surface area (Å²) < 4.78 is 39.9. The lowest BCUT2D eigenvalue weighted by atomic mass is 9.85. The topological polar surface area (TPSA) is 69.7 Å². The van der Waals surface area contributed by atoms with Gasteiger partial charge in [-0.15, -0.1) is 0 Å². The molecule has 2 bridgehead atoms. The number of allylic oxidation sites excluding steroid dienone is 2. The molecule has 1 aromatic rings. The molecule has 1 aromatic carbocycles. The first kappa shape index (κ1) is 21.0. The first-order valence-electron chi connectivity index (χ1n) is 11.0. The first-order chi connectivity index (χ1) is 15.2. The van der Waals surface area contributed by atoms with E-state index in [0.717, 1.165) is 42.7 Å². The van der Waals surface area contributed by atoms with Crippen molar-refractivity contribution in [3.05, 3.63) is 35.9 Å². The van der Waals surface area contributed by atoms with Gasteiger partial charge in [0.05, 0.1) is 28.8 Å². The Bertz CT molecular complexity index is 970. The number of carbonyl (C=O) groups is 3. The molecule has 3 fully saturated rings. The maximum atomic E-state index is 13.3. The second-order valence-corrected chi connectivity index (χ2v) is 9.09. The number of hydrogen-bond acceptors (Lipinski definition) is 4. The first-order valence-corrected chi connectivity index (χ1v) is 11.0. The van der Waals surface area contributed by atoms with Crippen LogP contribution in [0.3, 0.4) is 0 Å². The molecule has 9 heteroatoms. The molecular weight excluding hydrogens is 423 g/mol. The standard InChI is InChI=1S/C23H24F3N3O3/c24-23(25,26)15-6-7-17(28-8-2-1-3-9-28)16(11-15)27-18(30)12-29-21(31)19-13-4-5-14(10-13)20(19)22(29)32/h4-7,11,13-14,19-20H,1-3,8-10,12H2,(H,27,30). The molecule has 2 saturated heterocycles. The Hall–Kier alpha value is -2.84. The van der Waals surface area contributed by atoms with E-state index in [2.05, 4.69) is 5.32 Å². The van der Waals surface area contributed by atoms with Crippen LogP contribution in [0.4, 0.5) is 24.5 Å². The normalized spacial score (nSPS) is 29.1. The number of imide groups is 1. The molecule has 4 aliphatic rings. The van der Waals surface area contributed by atoms with Gasteiger partial charge in [0.25, 0.3) is 0 Å². The molecule has 2 heterocycles. The Morgan fingerprint density at radius 3 is 2.22 bits per heavy atom. The summed E-state index contributed by atoms with van der Waals surface area (Å²) in [5.41, 5.74) is -0.295. The number of halogens is 3. The van der Waals surface area contributed by atoms with E-state index in [0.29, 0.717) is 18.8 Å². The number of alkyl halides is 3. The van der Waals surface area contributed by atoms with Crippen molar-refractivity contribution in [3.63, 3.8) is 0 Å². The van der Waals surface area contributed by atoms with Gasteiger partial charge in [-0.05, 0) is 55.7 Å². The van der Waals surface area contributed by atoms with Crippen molar-refractivity contribution in [3.8, 4) is 0 Å². The van der Waals surface area contributed by atoms with Gasteiger partial charge in [0.2, 0.25) is 17.7 Å². The minimum Gasteiger partial charge on any atom is -0.370 e. The zero-order valence-electron chi connectivity index (χ0n) is 17.4. The maximum Gasteiger partial charge on any atom is 0.416 e. The summed E-state index contributed by atoms with van der Waals surface area (Å²) in [6.07, 6.45) is 3.06. The zero-order chi connectivity index (χ0) is 22.6. The van der Waals surface area contributed by atoms with Gasteiger partial charge in [-0.25, -0.2) is 0 Å². The van der Waals surface area contributed by atoms with E-state index in [1.54, 1.807) is 0 Å². The average molecular weight is 447 g/mol. The average Bonchev–Trinajstić information content (AvgIpc) is 3.44. The van der Waals surface area contributed by atoms with Crippen LogP contribution in [0.2, 0.25) is 0 Å². The van der Waals surface area contributed by atoms with Gasteiger partial charge in [-0.3, -0.25) is 19.3 Å². The number of carbonyl (C=O) groups excluding carboxylic acids is 3. The summed E-state index contributed by atoms with van der Waals surface area (Å²) in [5, 5.41) is 2.55. The lowest BCUT2D eigenvalue weighted by Crippen LogP contribution is -2.39. The van der Waals surface area contributed by atoms with E-state index in [1.807, 2.05) is 17.1 Å². The van der Waals surface area contributed by atoms with Crippen LogP contribution in [0.15, 0.2) is 30.4 Å². The number of anilines is 2. The Morgan fingerprint density at radius 2 is 1.62 bits per heavy atom. The van der Waals surface area contributed by atoms with Gasteiger partial charge in [0, 0.05) is 13.1 Å². The second kappa shape index (κ2) is 7.64.